The zero-order valence-corrected chi connectivity index (χ0v) is 21.6. The van der Waals surface area contributed by atoms with E-state index in [-0.39, 0.29) is 19.8 Å². The first-order chi connectivity index (χ1) is 19.3. The number of alkyl halides is 6. The predicted octanol–water partition coefficient (Wildman–Crippen LogP) is 4.90. The highest BCUT2D eigenvalue weighted by molar-refractivity contribution is 4.77. The van der Waals surface area contributed by atoms with Gasteiger partial charge in [-0.25, -0.2) is 17.6 Å². The molecule has 42 heavy (non-hydrogen) atoms. The van der Waals surface area contributed by atoms with E-state index in [4.69, 9.17) is 14.9 Å². The standard InChI is InChI=1S/C10H17F5O5.C6H13FO3.2C2F4/c11-7-20-10(14,15)6-19-4-8(17)3-18-5-9(12,13)1-2-16;1-9-4-6(8)5-10-3-2-7;2*3-1(4)2(5)6/h8,16-17H,1-7H2;6,8H,2-5H2,1H3;;. The number of aliphatic hydroxyl groups excluding tert-OH is 3. The molecule has 0 aromatic rings. The van der Waals surface area contributed by atoms with Crippen molar-refractivity contribution in [3.8, 4) is 0 Å². The maximum Gasteiger partial charge on any atom is 0.381 e. The molecule has 2 unspecified atom stereocenters. The fourth-order valence-electron chi connectivity index (χ4n) is 1.58. The lowest BCUT2D eigenvalue weighted by molar-refractivity contribution is -0.280. The molecule has 8 nitrogen and oxygen atoms in total. The fourth-order valence-corrected chi connectivity index (χ4v) is 1.58. The molecule has 0 saturated carbocycles. The van der Waals surface area contributed by atoms with Gasteiger partial charge in [0.1, 0.15) is 32.1 Å². The summed E-state index contributed by atoms with van der Waals surface area (Å²) in [6.45, 7) is -5.99. The Balaban J connectivity index is -0.000000270. The Labute approximate surface area is 230 Å². The van der Waals surface area contributed by atoms with Crippen LogP contribution in [0.5, 0.6) is 0 Å². The Morgan fingerprint density at radius 2 is 1.07 bits per heavy atom. The van der Waals surface area contributed by atoms with Crippen LogP contribution in [0.2, 0.25) is 0 Å². The van der Waals surface area contributed by atoms with Gasteiger partial charge in [0, 0.05) is 20.1 Å². The summed E-state index contributed by atoms with van der Waals surface area (Å²) in [5, 5.41) is 26.4. The van der Waals surface area contributed by atoms with Gasteiger partial charge in [-0.15, -0.1) is 0 Å². The molecule has 0 aromatic heterocycles. The third-order valence-electron chi connectivity index (χ3n) is 3.12. The summed E-state index contributed by atoms with van der Waals surface area (Å²) in [6.07, 6.45) is -18.3. The lowest BCUT2D eigenvalue weighted by Crippen LogP contribution is -2.32. The zero-order valence-electron chi connectivity index (χ0n) is 21.6. The zero-order chi connectivity index (χ0) is 33.8. The smallest absolute Gasteiger partial charge is 0.381 e. The summed E-state index contributed by atoms with van der Waals surface area (Å²) in [6, 6.07) is 0. The van der Waals surface area contributed by atoms with Crippen LogP contribution in [0.4, 0.5) is 61.5 Å². The first kappa shape index (κ1) is 47.1. The van der Waals surface area contributed by atoms with E-state index in [1.165, 1.54) is 7.11 Å². The van der Waals surface area contributed by atoms with Crippen molar-refractivity contribution in [2.45, 2.75) is 30.7 Å². The van der Waals surface area contributed by atoms with Crippen LogP contribution in [-0.2, 0) is 23.7 Å². The van der Waals surface area contributed by atoms with Crippen LogP contribution in [0.25, 0.3) is 0 Å². The van der Waals surface area contributed by atoms with E-state index >= 15 is 0 Å². The molecule has 2 atom stereocenters. The normalized spacial score (nSPS) is 12.4. The fraction of sp³-hybridized carbons (Fsp3) is 0.800. The van der Waals surface area contributed by atoms with E-state index in [2.05, 4.69) is 18.9 Å². The summed E-state index contributed by atoms with van der Waals surface area (Å²) in [4.78, 5) is 0. The molecule has 3 N–H and O–H groups in total. The minimum absolute atomic E-state index is 0.0424. The molecule has 0 radical (unpaired) electrons. The van der Waals surface area contributed by atoms with Crippen LogP contribution in [0.1, 0.15) is 6.42 Å². The second-order valence-electron chi connectivity index (χ2n) is 6.82. The highest BCUT2D eigenvalue weighted by atomic mass is 19.3. The number of halogens is 14. The Morgan fingerprint density at radius 1 is 0.667 bits per heavy atom. The van der Waals surface area contributed by atoms with Crippen LogP contribution >= 0.6 is 0 Å². The van der Waals surface area contributed by atoms with Crippen molar-refractivity contribution in [1.29, 1.82) is 0 Å². The minimum Gasteiger partial charge on any atom is -0.396 e. The molecule has 0 spiro atoms. The average molecular weight is 664 g/mol. The van der Waals surface area contributed by atoms with E-state index in [9.17, 15) is 66.6 Å². The van der Waals surface area contributed by atoms with E-state index in [1.807, 2.05) is 0 Å². The van der Waals surface area contributed by atoms with Crippen molar-refractivity contribution in [2.24, 2.45) is 0 Å². The summed E-state index contributed by atoms with van der Waals surface area (Å²) in [5.41, 5.74) is 0. The van der Waals surface area contributed by atoms with Crippen LogP contribution in [0, 0.1) is 0 Å². The Hall–Kier alpha value is -1.82. The van der Waals surface area contributed by atoms with Gasteiger partial charge in [-0.3, -0.25) is 4.74 Å². The second kappa shape index (κ2) is 29.3. The summed E-state index contributed by atoms with van der Waals surface area (Å²) < 4.78 is 177. The average Bonchev–Trinajstić information content (AvgIpc) is 2.85. The highest BCUT2D eigenvalue weighted by Crippen LogP contribution is 2.18. The van der Waals surface area contributed by atoms with Crippen molar-refractivity contribution < 1.29 is 100 Å². The molecular formula is C20H30F14O8. The van der Waals surface area contributed by atoms with Gasteiger partial charge in [0.15, 0.2) is 6.86 Å². The Morgan fingerprint density at radius 3 is 1.43 bits per heavy atom. The van der Waals surface area contributed by atoms with E-state index in [1.54, 1.807) is 0 Å². The monoisotopic (exact) mass is 664 g/mol. The van der Waals surface area contributed by atoms with Gasteiger partial charge in [-0.1, -0.05) is 0 Å². The maximum absolute atomic E-state index is 12.8. The lowest BCUT2D eigenvalue weighted by atomic mass is 10.2. The molecular weight excluding hydrogens is 634 g/mol. The topological polar surface area (TPSA) is 107 Å². The van der Waals surface area contributed by atoms with Crippen molar-refractivity contribution in [3.05, 3.63) is 24.3 Å². The van der Waals surface area contributed by atoms with E-state index in [0.717, 1.165) is 0 Å². The molecule has 0 rings (SSSR count). The summed E-state index contributed by atoms with van der Waals surface area (Å²) in [7, 11) is 1.48. The SMILES string of the molecule is COCC(O)COCCF.FC(F)=C(F)F.FC(F)=C(F)F.OCCC(F)(F)COCC(O)COCC(F)(F)OCF. The molecule has 256 valence electrons. The van der Waals surface area contributed by atoms with Crippen molar-refractivity contribution in [2.75, 3.05) is 73.5 Å². The van der Waals surface area contributed by atoms with Gasteiger partial charge in [-0.2, -0.15) is 43.9 Å². The number of hydrogen-bond acceptors (Lipinski definition) is 8. The Kier molecular flexibility index (Phi) is 32.8. The quantitative estimate of drug-likeness (QED) is 0.141. The van der Waals surface area contributed by atoms with Gasteiger partial charge in [-0.05, 0) is 0 Å². The maximum atomic E-state index is 12.8. The summed E-state index contributed by atoms with van der Waals surface area (Å²) in [5.74, 6) is -3.24. The van der Waals surface area contributed by atoms with Crippen molar-refractivity contribution >= 4 is 0 Å². The van der Waals surface area contributed by atoms with Crippen molar-refractivity contribution in [3.63, 3.8) is 0 Å². The molecule has 0 saturated heterocycles. The minimum atomic E-state index is -3.83. The third kappa shape index (κ3) is 40.3. The molecule has 0 fully saturated rings. The molecule has 0 amide bonds. The Bertz CT molecular complexity index is 607. The molecule has 0 aliphatic heterocycles. The number of aliphatic hydroxyl groups is 3. The predicted molar refractivity (Wildman–Crippen MR) is 114 cm³/mol. The molecule has 0 bridgehead atoms. The highest BCUT2D eigenvalue weighted by Gasteiger charge is 2.31. The largest absolute Gasteiger partial charge is 0.396 e. The van der Waals surface area contributed by atoms with Crippen LogP contribution in [0.15, 0.2) is 24.3 Å². The molecule has 22 heteroatoms. The van der Waals surface area contributed by atoms with Crippen LogP contribution < -0.4 is 0 Å². The van der Waals surface area contributed by atoms with E-state index < -0.39 is 102 Å². The van der Waals surface area contributed by atoms with Crippen LogP contribution in [0.3, 0.4) is 0 Å². The van der Waals surface area contributed by atoms with Gasteiger partial charge < -0.3 is 34.3 Å². The molecule has 0 aliphatic carbocycles. The van der Waals surface area contributed by atoms with Crippen molar-refractivity contribution in [1.82, 2.24) is 0 Å². The molecule has 0 heterocycles. The van der Waals surface area contributed by atoms with E-state index in [0.29, 0.717) is 0 Å². The number of ether oxygens (including phenoxy) is 5. The van der Waals surface area contributed by atoms with Crippen LogP contribution in [-0.4, -0.2) is 113 Å². The lowest BCUT2D eigenvalue weighted by Gasteiger charge is -2.18. The van der Waals surface area contributed by atoms with Gasteiger partial charge in [0.05, 0.1) is 33.0 Å². The van der Waals surface area contributed by atoms with Gasteiger partial charge >= 0.3 is 30.4 Å². The number of methoxy groups -OCH3 is 1. The number of hydrogen-bond donors (Lipinski definition) is 3. The van der Waals surface area contributed by atoms with Gasteiger partial charge in [0.2, 0.25) is 0 Å². The van der Waals surface area contributed by atoms with Gasteiger partial charge in [0.25, 0.3) is 5.92 Å². The second-order valence-corrected chi connectivity index (χ2v) is 6.82. The number of rotatable bonds is 18. The first-order valence-corrected chi connectivity index (χ1v) is 10.8. The first-order valence-electron chi connectivity index (χ1n) is 10.8. The third-order valence-corrected chi connectivity index (χ3v) is 3.12. The summed E-state index contributed by atoms with van der Waals surface area (Å²) >= 11 is 0. The molecule has 0 aliphatic rings. The molecule has 0 aromatic carbocycles.